The fraction of sp³-hybridized carbons (Fsp3) is 0.438. The smallest absolute Gasteiger partial charge is 0.178 e. The minimum Gasteiger partial charge on any atom is -0.311 e. The van der Waals surface area contributed by atoms with E-state index >= 15 is 0 Å². The fourth-order valence-electron chi connectivity index (χ4n) is 2.71. The third kappa shape index (κ3) is 2.43. The molecule has 1 N–H and O–H groups in total. The number of nitrogens with zero attached hydrogens (tertiary/aromatic N) is 3. The van der Waals surface area contributed by atoms with Crippen LogP contribution < -0.4 is 5.32 Å². The van der Waals surface area contributed by atoms with Gasteiger partial charge in [0.2, 0.25) is 0 Å². The summed E-state index contributed by atoms with van der Waals surface area (Å²) in [5.74, 6) is 0.772. The second-order valence-corrected chi connectivity index (χ2v) is 5.26. The van der Waals surface area contributed by atoms with Crippen LogP contribution in [0.25, 0.3) is 11.5 Å². The van der Waals surface area contributed by atoms with Gasteiger partial charge in [-0.25, -0.2) is 9.97 Å². The molecule has 0 amide bonds. The topological polar surface area (TPSA) is 50.7 Å². The summed E-state index contributed by atoms with van der Waals surface area (Å²) in [6.07, 6.45) is 4.97. The Kier molecular flexibility index (Phi) is 3.74. The van der Waals surface area contributed by atoms with Gasteiger partial charge in [-0.05, 0) is 43.5 Å². The molecule has 3 heterocycles. The van der Waals surface area contributed by atoms with Gasteiger partial charge in [-0.1, -0.05) is 19.4 Å². The van der Waals surface area contributed by atoms with E-state index < -0.39 is 0 Å². The lowest BCUT2D eigenvalue weighted by atomic mass is 10.0. The summed E-state index contributed by atoms with van der Waals surface area (Å²) in [5, 5.41) is 3.39. The molecule has 0 atom stereocenters. The largest absolute Gasteiger partial charge is 0.311 e. The number of aromatic nitrogens is 3. The minimum absolute atomic E-state index is 0.772. The van der Waals surface area contributed by atoms with Gasteiger partial charge in [-0.3, -0.25) is 4.98 Å². The molecule has 4 heteroatoms. The van der Waals surface area contributed by atoms with Crippen molar-refractivity contribution in [2.24, 2.45) is 0 Å². The Morgan fingerprint density at radius 2 is 2.20 bits per heavy atom. The van der Waals surface area contributed by atoms with Crippen LogP contribution in [0, 0.1) is 6.92 Å². The van der Waals surface area contributed by atoms with E-state index in [2.05, 4.69) is 30.2 Å². The van der Waals surface area contributed by atoms with Crippen molar-refractivity contribution in [3.05, 3.63) is 40.8 Å². The van der Waals surface area contributed by atoms with E-state index in [0.29, 0.717) is 0 Å². The lowest BCUT2D eigenvalue weighted by Crippen LogP contribution is -2.27. The maximum atomic E-state index is 4.81. The molecule has 1 aliphatic rings. The second-order valence-electron chi connectivity index (χ2n) is 5.26. The van der Waals surface area contributed by atoms with Crippen molar-refractivity contribution in [1.82, 2.24) is 20.3 Å². The van der Waals surface area contributed by atoms with Gasteiger partial charge >= 0.3 is 0 Å². The summed E-state index contributed by atoms with van der Waals surface area (Å²) in [7, 11) is 0. The number of hydrogen-bond acceptors (Lipinski definition) is 4. The lowest BCUT2D eigenvalue weighted by molar-refractivity contribution is 0.614. The summed E-state index contributed by atoms with van der Waals surface area (Å²) >= 11 is 0. The molecule has 2 aromatic heterocycles. The number of nitrogens with one attached hydrogen (secondary N) is 1. The van der Waals surface area contributed by atoms with Crippen LogP contribution in [0.3, 0.4) is 0 Å². The van der Waals surface area contributed by atoms with Crippen LogP contribution in [0.2, 0.25) is 0 Å². The van der Waals surface area contributed by atoms with Crippen molar-refractivity contribution < 1.29 is 0 Å². The number of rotatable bonds is 3. The van der Waals surface area contributed by atoms with Gasteiger partial charge in [0.1, 0.15) is 5.69 Å². The van der Waals surface area contributed by atoms with E-state index in [9.17, 15) is 0 Å². The standard InChI is InChI=1S/C16H20N4/c1-3-5-13-12-7-9-17-10-14(12)20-16(19-13)15-11(2)6-4-8-18-15/h4,6,8,17H,3,5,7,9-10H2,1-2H3. The summed E-state index contributed by atoms with van der Waals surface area (Å²) in [4.78, 5) is 14.0. The Balaban J connectivity index is 2.13. The third-order valence-electron chi connectivity index (χ3n) is 3.73. The molecule has 0 unspecified atom stereocenters. The van der Waals surface area contributed by atoms with Crippen LogP contribution in [0.4, 0.5) is 0 Å². The van der Waals surface area contributed by atoms with Gasteiger partial charge in [0.15, 0.2) is 5.82 Å². The fourth-order valence-corrected chi connectivity index (χ4v) is 2.71. The molecular weight excluding hydrogens is 248 g/mol. The Bertz CT molecular complexity index is 622. The molecule has 0 saturated carbocycles. The third-order valence-corrected chi connectivity index (χ3v) is 3.73. The van der Waals surface area contributed by atoms with Crippen molar-refractivity contribution in [3.63, 3.8) is 0 Å². The highest BCUT2D eigenvalue weighted by Crippen LogP contribution is 2.23. The first kappa shape index (κ1) is 13.2. The Morgan fingerprint density at radius 3 is 3.00 bits per heavy atom. The van der Waals surface area contributed by atoms with Crippen molar-refractivity contribution in [2.75, 3.05) is 6.54 Å². The van der Waals surface area contributed by atoms with Crippen LogP contribution in [0.15, 0.2) is 18.3 Å². The maximum Gasteiger partial charge on any atom is 0.178 e. The van der Waals surface area contributed by atoms with E-state index in [1.165, 1.54) is 11.3 Å². The highest BCUT2D eigenvalue weighted by Gasteiger charge is 2.18. The average Bonchev–Trinajstić information content (AvgIpc) is 2.48. The average molecular weight is 268 g/mol. The van der Waals surface area contributed by atoms with Gasteiger partial charge in [-0.2, -0.15) is 0 Å². The Hall–Kier alpha value is -1.81. The van der Waals surface area contributed by atoms with Crippen molar-refractivity contribution >= 4 is 0 Å². The molecule has 0 spiro atoms. The van der Waals surface area contributed by atoms with Crippen LogP contribution in [-0.2, 0) is 19.4 Å². The van der Waals surface area contributed by atoms with E-state index in [1.54, 1.807) is 0 Å². The highest BCUT2D eigenvalue weighted by molar-refractivity contribution is 5.55. The second kappa shape index (κ2) is 5.67. The maximum absolute atomic E-state index is 4.81. The zero-order valence-corrected chi connectivity index (χ0v) is 12.1. The quantitative estimate of drug-likeness (QED) is 0.929. The van der Waals surface area contributed by atoms with Crippen molar-refractivity contribution in [1.29, 1.82) is 0 Å². The van der Waals surface area contributed by atoms with Gasteiger partial charge < -0.3 is 5.32 Å². The lowest BCUT2D eigenvalue weighted by Gasteiger charge is -2.20. The minimum atomic E-state index is 0.772. The van der Waals surface area contributed by atoms with Crippen LogP contribution in [0.5, 0.6) is 0 Å². The molecule has 20 heavy (non-hydrogen) atoms. The predicted molar refractivity (Wildman–Crippen MR) is 79.4 cm³/mol. The zero-order chi connectivity index (χ0) is 13.9. The number of aryl methyl sites for hydroxylation is 2. The van der Waals surface area contributed by atoms with Crippen molar-refractivity contribution in [2.45, 2.75) is 39.7 Å². The SMILES string of the molecule is CCCc1nc(-c2ncccc2C)nc2c1CCNC2. The molecule has 3 rings (SSSR count). The molecule has 0 bridgehead atoms. The van der Waals surface area contributed by atoms with E-state index in [0.717, 1.165) is 55.1 Å². The molecule has 0 radical (unpaired) electrons. The van der Waals surface area contributed by atoms with Crippen LogP contribution >= 0.6 is 0 Å². The van der Waals surface area contributed by atoms with E-state index in [1.807, 2.05) is 12.3 Å². The zero-order valence-electron chi connectivity index (χ0n) is 12.1. The normalized spacial score (nSPS) is 14.1. The summed E-state index contributed by atoms with van der Waals surface area (Å²) in [5.41, 5.74) is 5.73. The number of fused-ring (bicyclic) bond motifs is 1. The van der Waals surface area contributed by atoms with Crippen LogP contribution in [-0.4, -0.2) is 21.5 Å². The first-order valence-corrected chi connectivity index (χ1v) is 7.31. The molecule has 2 aromatic rings. The summed E-state index contributed by atoms with van der Waals surface area (Å²) < 4.78 is 0. The molecule has 0 aliphatic carbocycles. The summed E-state index contributed by atoms with van der Waals surface area (Å²) in [6.45, 7) is 6.12. The van der Waals surface area contributed by atoms with Gasteiger partial charge in [0.25, 0.3) is 0 Å². The molecule has 0 fully saturated rings. The van der Waals surface area contributed by atoms with Crippen LogP contribution in [0.1, 0.15) is 35.9 Å². The van der Waals surface area contributed by atoms with E-state index in [-0.39, 0.29) is 0 Å². The highest BCUT2D eigenvalue weighted by atomic mass is 15.0. The van der Waals surface area contributed by atoms with E-state index in [4.69, 9.17) is 9.97 Å². The van der Waals surface area contributed by atoms with Gasteiger partial charge in [0, 0.05) is 18.4 Å². The molecular formula is C16H20N4. The number of pyridine rings is 1. The van der Waals surface area contributed by atoms with Gasteiger partial charge in [0.05, 0.1) is 5.69 Å². The van der Waals surface area contributed by atoms with Crippen molar-refractivity contribution in [3.8, 4) is 11.5 Å². The first-order valence-electron chi connectivity index (χ1n) is 7.31. The Morgan fingerprint density at radius 1 is 1.30 bits per heavy atom. The first-order chi connectivity index (χ1) is 9.79. The van der Waals surface area contributed by atoms with Gasteiger partial charge in [-0.15, -0.1) is 0 Å². The Labute approximate surface area is 119 Å². The predicted octanol–water partition coefficient (Wildman–Crippen LogP) is 2.45. The molecule has 0 saturated heterocycles. The molecule has 4 nitrogen and oxygen atoms in total. The number of hydrogen-bond donors (Lipinski definition) is 1. The summed E-state index contributed by atoms with van der Waals surface area (Å²) in [6, 6.07) is 4.01. The molecule has 0 aromatic carbocycles. The molecule has 1 aliphatic heterocycles. The molecule has 104 valence electrons. The monoisotopic (exact) mass is 268 g/mol.